The molecule has 4 heterocycles. The summed E-state index contributed by atoms with van der Waals surface area (Å²) in [4.78, 5) is 4.42. The van der Waals surface area contributed by atoms with Gasteiger partial charge in [0.25, 0.3) is 5.89 Å². The zero-order valence-corrected chi connectivity index (χ0v) is 11.2. The molecule has 1 N–H and O–H groups in total. The zero-order chi connectivity index (χ0) is 13.6. The number of ether oxygens (including phenoxy) is 1. The molecule has 1 unspecified atom stereocenters. The topological polar surface area (TPSA) is 90.9 Å². The maximum Gasteiger partial charge on any atom is 0.280 e. The van der Waals surface area contributed by atoms with Crippen molar-refractivity contribution in [1.29, 1.82) is 0 Å². The summed E-state index contributed by atoms with van der Waals surface area (Å²) in [6.07, 6.45) is 3.78. The predicted molar refractivity (Wildman–Crippen MR) is 67.8 cm³/mol. The first-order valence-electron chi connectivity index (χ1n) is 6.86. The molecule has 2 aliphatic heterocycles. The molecule has 0 radical (unpaired) electrons. The van der Waals surface area contributed by atoms with Crippen molar-refractivity contribution in [2.24, 2.45) is 0 Å². The largest absolute Gasteiger partial charge is 0.367 e. The summed E-state index contributed by atoms with van der Waals surface area (Å²) >= 11 is 0. The van der Waals surface area contributed by atoms with Gasteiger partial charge in [0.15, 0.2) is 5.69 Å². The van der Waals surface area contributed by atoms with Crippen LogP contribution >= 0.6 is 0 Å². The Morgan fingerprint density at radius 1 is 1.45 bits per heavy atom. The summed E-state index contributed by atoms with van der Waals surface area (Å²) in [5.41, 5.74) is 0.174. The minimum Gasteiger partial charge on any atom is -0.367 e. The van der Waals surface area contributed by atoms with Gasteiger partial charge in [0.1, 0.15) is 5.60 Å². The van der Waals surface area contributed by atoms with E-state index in [1.54, 1.807) is 0 Å². The van der Waals surface area contributed by atoms with Gasteiger partial charge in [-0.15, -0.1) is 5.10 Å². The summed E-state index contributed by atoms with van der Waals surface area (Å²) in [6, 6.07) is 0.370. The summed E-state index contributed by atoms with van der Waals surface area (Å²) in [5.74, 6) is 0.986. The van der Waals surface area contributed by atoms with Gasteiger partial charge in [0, 0.05) is 19.7 Å². The number of hydrogen-bond acceptors (Lipinski definition) is 7. The first-order valence-corrected chi connectivity index (χ1v) is 6.86. The van der Waals surface area contributed by atoms with Crippen LogP contribution in [0.2, 0.25) is 0 Å². The summed E-state index contributed by atoms with van der Waals surface area (Å²) in [6.45, 7) is 4.57. The van der Waals surface area contributed by atoms with Crippen molar-refractivity contribution < 1.29 is 9.26 Å². The van der Waals surface area contributed by atoms with Crippen LogP contribution in [0, 0.1) is 0 Å². The van der Waals surface area contributed by atoms with Crippen LogP contribution < -0.4 is 5.32 Å². The fraction of sp³-hybridized carbons (Fsp3) is 0.667. The van der Waals surface area contributed by atoms with Gasteiger partial charge in [0.05, 0.1) is 12.2 Å². The van der Waals surface area contributed by atoms with E-state index in [0.29, 0.717) is 23.5 Å². The van der Waals surface area contributed by atoms with Crippen LogP contribution in [-0.2, 0) is 10.3 Å². The lowest BCUT2D eigenvalue weighted by Crippen LogP contribution is -2.43. The molecular weight excluding hydrogens is 260 g/mol. The molecule has 0 bridgehead atoms. The molecule has 0 aliphatic carbocycles. The molecule has 2 aromatic heterocycles. The molecule has 8 heteroatoms. The van der Waals surface area contributed by atoms with Crippen molar-refractivity contribution in [2.45, 2.75) is 31.4 Å². The van der Waals surface area contributed by atoms with Gasteiger partial charge in [-0.05, 0) is 19.8 Å². The lowest BCUT2D eigenvalue weighted by Gasteiger charge is -2.26. The first-order chi connectivity index (χ1) is 9.74. The Labute approximate surface area is 115 Å². The van der Waals surface area contributed by atoms with Crippen molar-refractivity contribution in [1.82, 2.24) is 30.5 Å². The van der Waals surface area contributed by atoms with Crippen LogP contribution in [0.3, 0.4) is 0 Å². The van der Waals surface area contributed by atoms with Crippen LogP contribution in [0.25, 0.3) is 11.6 Å². The zero-order valence-electron chi connectivity index (χ0n) is 11.2. The SMILES string of the molecule is CC1(c2noc(-c3cn(C4CNC4)nn3)n2)CCCO1. The Morgan fingerprint density at radius 2 is 2.35 bits per heavy atom. The Balaban J connectivity index is 1.59. The van der Waals surface area contributed by atoms with Gasteiger partial charge in [-0.1, -0.05) is 10.4 Å². The van der Waals surface area contributed by atoms with Gasteiger partial charge in [-0.25, -0.2) is 4.68 Å². The third-order valence-electron chi connectivity index (χ3n) is 3.98. The van der Waals surface area contributed by atoms with E-state index < -0.39 is 5.60 Å². The highest BCUT2D eigenvalue weighted by Crippen LogP contribution is 2.34. The Bertz CT molecular complexity index is 611. The minimum absolute atomic E-state index is 0.370. The van der Waals surface area contributed by atoms with Crippen LogP contribution in [0.15, 0.2) is 10.7 Å². The average Bonchev–Trinajstić information content (AvgIpc) is 3.04. The standard InChI is InChI=1S/C12H16N6O2/c1-12(3-2-4-19-12)11-14-10(20-16-11)9-7-18(17-15-9)8-5-13-6-8/h7-8,13H,2-6H2,1H3. The van der Waals surface area contributed by atoms with Crippen molar-refractivity contribution in [3.8, 4) is 11.6 Å². The normalized spacial score (nSPS) is 26.9. The van der Waals surface area contributed by atoms with Gasteiger partial charge >= 0.3 is 0 Å². The number of hydrogen-bond donors (Lipinski definition) is 1. The van der Waals surface area contributed by atoms with Crippen molar-refractivity contribution >= 4 is 0 Å². The molecule has 2 fully saturated rings. The highest BCUT2D eigenvalue weighted by atomic mass is 16.5. The van der Waals surface area contributed by atoms with E-state index in [1.165, 1.54) is 0 Å². The van der Waals surface area contributed by atoms with E-state index in [4.69, 9.17) is 9.26 Å². The molecule has 106 valence electrons. The Kier molecular flexibility index (Phi) is 2.61. The van der Waals surface area contributed by atoms with E-state index >= 15 is 0 Å². The lowest BCUT2D eigenvalue weighted by atomic mass is 10.0. The number of nitrogens with zero attached hydrogens (tertiary/aromatic N) is 5. The van der Waals surface area contributed by atoms with E-state index in [0.717, 1.165) is 32.5 Å². The molecule has 4 rings (SSSR count). The van der Waals surface area contributed by atoms with Crippen molar-refractivity contribution in [2.75, 3.05) is 19.7 Å². The second kappa shape index (κ2) is 4.35. The molecule has 2 aromatic rings. The third-order valence-corrected chi connectivity index (χ3v) is 3.98. The maximum absolute atomic E-state index is 5.71. The van der Waals surface area contributed by atoms with Crippen LogP contribution in [0.1, 0.15) is 31.6 Å². The molecule has 8 nitrogen and oxygen atoms in total. The smallest absolute Gasteiger partial charge is 0.280 e. The quantitative estimate of drug-likeness (QED) is 0.872. The van der Waals surface area contributed by atoms with Crippen molar-refractivity contribution in [3.05, 3.63) is 12.0 Å². The molecular formula is C12H16N6O2. The van der Waals surface area contributed by atoms with Crippen LogP contribution in [-0.4, -0.2) is 44.8 Å². The molecule has 20 heavy (non-hydrogen) atoms. The second-order valence-electron chi connectivity index (χ2n) is 5.50. The Hall–Kier alpha value is -1.80. The lowest BCUT2D eigenvalue weighted by molar-refractivity contribution is 0.00768. The van der Waals surface area contributed by atoms with Crippen LogP contribution in [0.5, 0.6) is 0 Å². The van der Waals surface area contributed by atoms with Gasteiger partial charge in [-0.3, -0.25) is 0 Å². The molecule has 2 aliphatic rings. The van der Waals surface area contributed by atoms with Gasteiger partial charge < -0.3 is 14.6 Å². The minimum atomic E-state index is -0.435. The highest BCUT2D eigenvalue weighted by Gasteiger charge is 2.37. The fourth-order valence-electron chi connectivity index (χ4n) is 2.51. The van der Waals surface area contributed by atoms with E-state index in [1.807, 2.05) is 17.8 Å². The Morgan fingerprint density at radius 3 is 3.05 bits per heavy atom. The van der Waals surface area contributed by atoms with Gasteiger partial charge in [0.2, 0.25) is 5.82 Å². The molecule has 0 aromatic carbocycles. The maximum atomic E-state index is 5.71. The number of aromatic nitrogens is 5. The summed E-state index contributed by atoms with van der Waals surface area (Å²) in [7, 11) is 0. The first kappa shape index (κ1) is 12.0. The van der Waals surface area contributed by atoms with Crippen LogP contribution in [0.4, 0.5) is 0 Å². The fourth-order valence-corrected chi connectivity index (χ4v) is 2.51. The van der Waals surface area contributed by atoms with E-state index in [-0.39, 0.29) is 0 Å². The summed E-state index contributed by atoms with van der Waals surface area (Å²) < 4.78 is 12.8. The molecule has 0 saturated carbocycles. The van der Waals surface area contributed by atoms with Gasteiger partial charge in [-0.2, -0.15) is 4.98 Å². The average molecular weight is 276 g/mol. The van der Waals surface area contributed by atoms with E-state index in [2.05, 4.69) is 25.8 Å². The molecule has 1 atom stereocenters. The second-order valence-corrected chi connectivity index (χ2v) is 5.50. The molecule has 0 amide bonds. The monoisotopic (exact) mass is 276 g/mol. The molecule has 0 spiro atoms. The van der Waals surface area contributed by atoms with Crippen molar-refractivity contribution in [3.63, 3.8) is 0 Å². The number of nitrogens with one attached hydrogen (secondary N) is 1. The highest BCUT2D eigenvalue weighted by molar-refractivity contribution is 5.43. The molecule has 2 saturated heterocycles. The number of rotatable bonds is 3. The van der Waals surface area contributed by atoms with E-state index in [9.17, 15) is 0 Å². The summed E-state index contributed by atoms with van der Waals surface area (Å²) in [5, 5.41) is 15.4. The third kappa shape index (κ3) is 1.83. The predicted octanol–water partition coefficient (Wildman–Crippen LogP) is 0.498.